The van der Waals surface area contributed by atoms with Gasteiger partial charge in [-0.25, -0.2) is 4.79 Å². The van der Waals surface area contributed by atoms with E-state index in [9.17, 15) is 4.79 Å². The third-order valence-electron chi connectivity index (χ3n) is 3.27. The molecule has 0 aromatic heterocycles. The number of carbonyl (C=O) groups excluding carboxylic acids is 1. The second-order valence-corrected chi connectivity index (χ2v) is 5.50. The monoisotopic (exact) mass is 318 g/mol. The van der Waals surface area contributed by atoms with Crippen molar-refractivity contribution in [3.8, 4) is 5.75 Å². The predicted octanol–water partition coefficient (Wildman–Crippen LogP) is 4.87. The first-order valence-corrected chi connectivity index (χ1v) is 7.64. The van der Waals surface area contributed by atoms with Crippen LogP contribution in [0.15, 0.2) is 48.5 Å². The Morgan fingerprint density at radius 2 is 1.91 bits per heavy atom. The summed E-state index contributed by atoms with van der Waals surface area (Å²) in [5.74, 6) is 0.305. The predicted molar refractivity (Wildman–Crippen MR) is 87.4 cm³/mol. The van der Waals surface area contributed by atoms with Crippen LogP contribution in [0.25, 0.3) is 0 Å². The lowest BCUT2D eigenvalue weighted by molar-refractivity contribution is 0.0334. The van der Waals surface area contributed by atoms with Crippen LogP contribution in [0.4, 0.5) is 0 Å². The first-order valence-electron chi connectivity index (χ1n) is 7.26. The van der Waals surface area contributed by atoms with Crippen molar-refractivity contribution in [2.75, 3.05) is 0 Å². The molecule has 1 unspecified atom stereocenters. The lowest BCUT2D eigenvalue weighted by Gasteiger charge is -2.12. The average Bonchev–Trinajstić information content (AvgIpc) is 2.54. The molecule has 3 nitrogen and oxygen atoms in total. The molecule has 0 radical (unpaired) electrons. The molecule has 0 aliphatic rings. The number of ether oxygens (including phenoxy) is 2. The van der Waals surface area contributed by atoms with Gasteiger partial charge in [0.1, 0.15) is 12.4 Å². The van der Waals surface area contributed by atoms with Gasteiger partial charge in [-0.15, -0.1) is 0 Å². The Bertz CT molecular complexity index is 622. The first kappa shape index (κ1) is 16.4. The highest BCUT2D eigenvalue weighted by molar-refractivity contribution is 6.30. The third-order valence-corrected chi connectivity index (χ3v) is 3.52. The Labute approximate surface area is 135 Å². The maximum absolute atomic E-state index is 12.0. The van der Waals surface area contributed by atoms with Crippen LogP contribution < -0.4 is 4.74 Å². The lowest BCUT2D eigenvalue weighted by atomic mass is 10.2. The maximum Gasteiger partial charge on any atom is 0.338 e. The SMILES string of the molecule is CCC(C)OC(=O)c1cccc(OCc2ccc(Cl)cc2)c1. The first-order chi connectivity index (χ1) is 10.6. The van der Waals surface area contributed by atoms with Crippen LogP contribution >= 0.6 is 11.6 Å². The van der Waals surface area contributed by atoms with E-state index in [-0.39, 0.29) is 12.1 Å². The Morgan fingerprint density at radius 3 is 2.59 bits per heavy atom. The molecule has 4 heteroatoms. The van der Waals surface area contributed by atoms with Gasteiger partial charge in [-0.3, -0.25) is 0 Å². The Kier molecular flexibility index (Phi) is 5.84. The number of esters is 1. The van der Waals surface area contributed by atoms with Gasteiger partial charge in [-0.2, -0.15) is 0 Å². The minimum absolute atomic E-state index is 0.0915. The summed E-state index contributed by atoms with van der Waals surface area (Å²) in [4.78, 5) is 12.0. The summed E-state index contributed by atoms with van der Waals surface area (Å²) < 4.78 is 11.0. The fraction of sp³-hybridized carbons (Fsp3) is 0.278. The van der Waals surface area contributed by atoms with Gasteiger partial charge < -0.3 is 9.47 Å². The Balaban J connectivity index is 1.99. The van der Waals surface area contributed by atoms with E-state index in [4.69, 9.17) is 21.1 Å². The summed E-state index contributed by atoms with van der Waals surface area (Å²) in [6, 6.07) is 14.5. The van der Waals surface area contributed by atoms with Crippen molar-refractivity contribution >= 4 is 17.6 Å². The Morgan fingerprint density at radius 1 is 1.18 bits per heavy atom. The molecule has 0 aliphatic heterocycles. The van der Waals surface area contributed by atoms with Crippen LogP contribution in [0.5, 0.6) is 5.75 Å². The molecule has 0 saturated heterocycles. The summed E-state index contributed by atoms with van der Waals surface area (Å²) in [6.45, 7) is 4.27. The molecule has 0 N–H and O–H groups in total. The molecule has 0 saturated carbocycles. The van der Waals surface area contributed by atoms with Gasteiger partial charge in [-0.05, 0) is 49.2 Å². The second kappa shape index (κ2) is 7.85. The van der Waals surface area contributed by atoms with Gasteiger partial charge in [0.15, 0.2) is 0 Å². The fourth-order valence-electron chi connectivity index (χ4n) is 1.79. The molecular formula is C18H19ClO3. The molecule has 0 aliphatic carbocycles. The van der Waals surface area contributed by atoms with E-state index in [1.165, 1.54) is 0 Å². The van der Waals surface area contributed by atoms with Gasteiger partial charge in [-0.1, -0.05) is 36.7 Å². The van der Waals surface area contributed by atoms with Crippen molar-refractivity contribution < 1.29 is 14.3 Å². The Hall–Kier alpha value is -2.00. The molecule has 1 atom stereocenters. The van der Waals surface area contributed by atoms with Gasteiger partial charge in [0.25, 0.3) is 0 Å². The third kappa shape index (κ3) is 4.78. The van der Waals surface area contributed by atoms with E-state index in [1.54, 1.807) is 18.2 Å². The van der Waals surface area contributed by atoms with E-state index < -0.39 is 0 Å². The molecule has 0 bridgehead atoms. The summed E-state index contributed by atoms with van der Waals surface area (Å²) in [6.07, 6.45) is 0.699. The van der Waals surface area contributed by atoms with Crippen molar-refractivity contribution in [3.05, 3.63) is 64.7 Å². The molecular weight excluding hydrogens is 300 g/mol. The molecule has 2 aromatic carbocycles. The van der Waals surface area contributed by atoms with Crippen molar-refractivity contribution in [1.82, 2.24) is 0 Å². The second-order valence-electron chi connectivity index (χ2n) is 5.07. The van der Waals surface area contributed by atoms with Crippen LogP contribution in [0.3, 0.4) is 0 Å². The minimum atomic E-state index is -0.328. The largest absolute Gasteiger partial charge is 0.489 e. The van der Waals surface area contributed by atoms with Crippen molar-refractivity contribution in [2.45, 2.75) is 33.0 Å². The quantitative estimate of drug-likeness (QED) is 0.712. The summed E-state index contributed by atoms with van der Waals surface area (Å²) in [7, 11) is 0. The highest BCUT2D eigenvalue weighted by atomic mass is 35.5. The number of rotatable bonds is 6. The molecule has 0 amide bonds. The molecule has 116 valence electrons. The summed E-state index contributed by atoms with van der Waals surface area (Å²) >= 11 is 5.85. The maximum atomic E-state index is 12.0. The van der Waals surface area contributed by atoms with Gasteiger partial charge in [0, 0.05) is 5.02 Å². The van der Waals surface area contributed by atoms with E-state index in [2.05, 4.69) is 0 Å². The minimum Gasteiger partial charge on any atom is -0.489 e. The molecule has 2 aromatic rings. The van der Waals surface area contributed by atoms with E-state index in [1.807, 2.05) is 44.2 Å². The zero-order valence-electron chi connectivity index (χ0n) is 12.7. The number of halogens is 1. The molecule has 2 rings (SSSR count). The van der Waals surface area contributed by atoms with Crippen molar-refractivity contribution in [1.29, 1.82) is 0 Å². The summed E-state index contributed by atoms with van der Waals surface area (Å²) in [5.41, 5.74) is 1.51. The zero-order chi connectivity index (χ0) is 15.9. The van der Waals surface area contributed by atoms with Gasteiger partial charge in [0.05, 0.1) is 11.7 Å². The number of carbonyl (C=O) groups is 1. The van der Waals surface area contributed by atoms with Gasteiger partial charge in [0.2, 0.25) is 0 Å². The number of benzene rings is 2. The van der Waals surface area contributed by atoms with E-state index in [0.29, 0.717) is 22.9 Å². The number of hydrogen-bond donors (Lipinski definition) is 0. The van der Waals surface area contributed by atoms with Crippen LogP contribution in [0, 0.1) is 0 Å². The van der Waals surface area contributed by atoms with E-state index in [0.717, 1.165) is 12.0 Å². The standard InChI is InChI=1S/C18H19ClO3/c1-3-13(2)22-18(20)15-5-4-6-17(11-15)21-12-14-7-9-16(19)10-8-14/h4-11,13H,3,12H2,1-2H3. The highest BCUT2D eigenvalue weighted by Crippen LogP contribution is 2.17. The fourth-order valence-corrected chi connectivity index (χ4v) is 1.92. The average molecular weight is 319 g/mol. The molecule has 0 heterocycles. The van der Waals surface area contributed by atoms with Gasteiger partial charge >= 0.3 is 5.97 Å². The lowest BCUT2D eigenvalue weighted by Crippen LogP contribution is -2.14. The van der Waals surface area contributed by atoms with Crippen LogP contribution in [0.2, 0.25) is 5.02 Å². The number of hydrogen-bond acceptors (Lipinski definition) is 3. The van der Waals surface area contributed by atoms with Crippen molar-refractivity contribution in [2.24, 2.45) is 0 Å². The highest BCUT2D eigenvalue weighted by Gasteiger charge is 2.11. The smallest absolute Gasteiger partial charge is 0.338 e. The summed E-state index contributed by atoms with van der Waals surface area (Å²) in [5, 5.41) is 0.693. The topological polar surface area (TPSA) is 35.5 Å². The zero-order valence-corrected chi connectivity index (χ0v) is 13.5. The van der Waals surface area contributed by atoms with Crippen molar-refractivity contribution in [3.63, 3.8) is 0 Å². The normalized spacial score (nSPS) is 11.8. The van der Waals surface area contributed by atoms with E-state index >= 15 is 0 Å². The molecule has 0 fully saturated rings. The van der Waals surface area contributed by atoms with Crippen LogP contribution in [0.1, 0.15) is 36.2 Å². The van der Waals surface area contributed by atoms with Crippen LogP contribution in [-0.2, 0) is 11.3 Å². The molecule has 22 heavy (non-hydrogen) atoms. The molecule has 0 spiro atoms. The van der Waals surface area contributed by atoms with Crippen LogP contribution in [-0.4, -0.2) is 12.1 Å².